The SMILES string of the molecule is O=C(NC1CCNCC1)C1CCCN1C(=O)c1ccccc1. The van der Waals surface area contributed by atoms with E-state index in [1.54, 1.807) is 4.90 Å². The molecule has 2 heterocycles. The van der Waals surface area contributed by atoms with Crippen LogP contribution in [0.5, 0.6) is 0 Å². The summed E-state index contributed by atoms with van der Waals surface area (Å²) in [5.74, 6) is -0.0303. The van der Waals surface area contributed by atoms with Crippen LogP contribution in [-0.2, 0) is 4.79 Å². The van der Waals surface area contributed by atoms with Crippen LogP contribution in [0.2, 0.25) is 0 Å². The van der Waals surface area contributed by atoms with E-state index < -0.39 is 0 Å². The third-order valence-corrected chi connectivity index (χ3v) is 4.52. The molecular formula is C17H23N3O2. The van der Waals surface area contributed by atoms with Crippen molar-refractivity contribution in [3.63, 3.8) is 0 Å². The van der Waals surface area contributed by atoms with E-state index in [-0.39, 0.29) is 23.9 Å². The predicted molar refractivity (Wildman–Crippen MR) is 84.5 cm³/mol. The molecule has 0 radical (unpaired) electrons. The molecule has 1 atom stereocenters. The zero-order valence-corrected chi connectivity index (χ0v) is 12.8. The lowest BCUT2D eigenvalue weighted by atomic mass is 10.1. The Morgan fingerprint density at radius 3 is 2.55 bits per heavy atom. The first-order chi connectivity index (χ1) is 10.8. The quantitative estimate of drug-likeness (QED) is 0.881. The fourth-order valence-corrected chi connectivity index (χ4v) is 3.29. The molecule has 5 nitrogen and oxygen atoms in total. The van der Waals surface area contributed by atoms with Crippen molar-refractivity contribution in [1.82, 2.24) is 15.5 Å². The lowest BCUT2D eigenvalue weighted by Gasteiger charge is -2.28. The van der Waals surface area contributed by atoms with Crippen LogP contribution in [0, 0.1) is 0 Å². The lowest BCUT2D eigenvalue weighted by Crippen LogP contribution is -2.51. The van der Waals surface area contributed by atoms with E-state index in [9.17, 15) is 9.59 Å². The topological polar surface area (TPSA) is 61.4 Å². The summed E-state index contributed by atoms with van der Waals surface area (Å²) in [6.07, 6.45) is 3.58. The minimum absolute atomic E-state index is 0.00804. The zero-order valence-electron chi connectivity index (χ0n) is 12.8. The molecule has 2 aliphatic rings. The van der Waals surface area contributed by atoms with Crippen LogP contribution in [-0.4, -0.2) is 48.4 Å². The number of hydrogen-bond donors (Lipinski definition) is 2. The molecule has 1 unspecified atom stereocenters. The minimum atomic E-state index is -0.317. The maximum atomic E-state index is 12.6. The average Bonchev–Trinajstić information content (AvgIpc) is 3.05. The highest BCUT2D eigenvalue weighted by molar-refractivity contribution is 5.97. The number of carbonyl (C=O) groups excluding carboxylic acids is 2. The molecule has 1 aromatic rings. The number of piperidine rings is 1. The second kappa shape index (κ2) is 6.92. The van der Waals surface area contributed by atoms with Crippen LogP contribution in [0.25, 0.3) is 0 Å². The van der Waals surface area contributed by atoms with Gasteiger partial charge in [0.15, 0.2) is 0 Å². The minimum Gasteiger partial charge on any atom is -0.351 e. The number of rotatable bonds is 3. The summed E-state index contributed by atoms with van der Waals surface area (Å²) >= 11 is 0. The normalized spacial score (nSPS) is 22.5. The van der Waals surface area contributed by atoms with Crippen LogP contribution in [0.3, 0.4) is 0 Å². The second-order valence-electron chi connectivity index (χ2n) is 6.06. The van der Waals surface area contributed by atoms with Gasteiger partial charge in [0.2, 0.25) is 5.91 Å². The van der Waals surface area contributed by atoms with Crippen molar-refractivity contribution in [2.45, 2.75) is 37.8 Å². The van der Waals surface area contributed by atoms with Crippen molar-refractivity contribution in [3.05, 3.63) is 35.9 Å². The van der Waals surface area contributed by atoms with Crippen molar-refractivity contribution in [2.24, 2.45) is 0 Å². The Bertz CT molecular complexity index is 526. The molecule has 2 saturated heterocycles. The summed E-state index contributed by atoms with van der Waals surface area (Å²) in [4.78, 5) is 26.9. The molecule has 1 aromatic carbocycles. The van der Waals surface area contributed by atoms with Crippen molar-refractivity contribution >= 4 is 11.8 Å². The molecule has 0 aromatic heterocycles. The number of benzene rings is 1. The van der Waals surface area contributed by atoms with E-state index in [0.29, 0.717) is 12.1 Å². The van der Waals surface area contributed by atoms with Crippen molar-refractivity contribution < 1.29 is 9.59 Å². The Labute approximate surface area is 131 Å². The Kier molecular flexibility index (Phi) is 4.73. The summed E-state index contributed by atoms with van der Waals surface area (Å²) in [6, 6.07) is 9.14. The largest absolute Gasteiger partial charge is 0.351 e. The van der Waals surface area contributed by atoms with Crippen molar-refractivity contribution in [3.8, 4) is 0 Å². The van der Waals surface area contributed by atoms with E-state index >= 15 is 0 Å². The van der Waals surface area contributed by atoms with Crippen molar-refractivity contribution in [1.29, 1.82) is 0 Å². The molecule has 0 saturated carbocycles. The molecule has 0 bridgehead atoms. The van der Waals surface area contributed by atoms with E-state index in [4.69, 9.17) is 0 Å². The highest BCUT2D eigenvalue weighted by Crippen LogP contribution is 2.21. The van der Waals surface area contributed by atoms with Gasteiger partial charge in [0.1, 0.15) is 6.04 Å². The average molecular weight is 301 g/mol. The second-order valence-corrected chi connectivity index (χ2v) is 6.06. The summed E-state index contributed by atoms with van der Waals surface area (Å²) < 4.78 is 0. The van der Waals surface area contributed by atoms with E-state index in [1.807, 2.05) is 30.3 Å². The number of likely N-dealkylation sites (tertiary alicyclic amines) is 1. The van der Waals surface area contributed by atoms with Crippen molar-refractivity contribution in [2.75, 3.05) is 19.6 Å². The van der Waals surface area contributed by atoms with Gasteiger partial charge in [-0.2, -0.15) is 0 Å². The number of amides is 2. The van der Waals surface area contributed by atoms with Crippen LogP contribution < -0.4 is 10.6 Å². The summed E-state index contributed by atoms with van der Waals surface area (Å²) in [5.41, 5.74) is 0.657. The fourth-order valence-electron chi connectivity index (χ4n) is 3.29. The molecular weight excluding hydrogens is 278 g/mol. The maximum Gasteiger partial charge on any atom is 0.254 e. The van der Waals surface area contributed by atoms with Gasteiger partial charge < -0.3 is 15.5 Å². The maximum absolute atomic E-state index is 12.6. The molecule has 3 rings (SSSR count). The third kappa shape index (κ3) is 3.30. The smallest absolute Gasteiger partial charge is 0.254 e. The number of carbonyl (C=O) groups is 2. The molecule has 0 aliphatic carbocycles. The highest BCUT2D eigenvalue weighted by atomic mass is 16.2. The molecule has 5 heteroatoms. The van der Waals surface area contributed by atoms with Gasteiger partial charge in [-0.3, -0.25) is 9.59 Å². The van der Waals surface area contributed by atoms with E-state index in [1.165, 1.54) is 0 Å². The summed E-state index contributed by atoms with van der Waals surface area (Å²) in [7, 11) is 0. The Morgan fingerprint density at radius 2 is 1.82 bits per heavy atom. The van der Waals surface area contributed by atoms with Crippen LogP contribution in [0.4, 0.5) is 0 Å². The van der Waals surface area contributed by atoms with Gasteiger partial charge in [-0.15, -0.1) is 0 Å². The number of nitrogens with zero attached hydrogens (tertiary/aromatic N) is 1. The van der Waals surface area contributed by atoms with Gasteiger partial charge >= 0.3 is 0 Å². The third-order valence-electron chi connectivity index (χ3n) is 4.52. The van der Waals surface area contributed by atoms with Gasteiger partial charge in [-0.1, -0.05) is 18.2 Å². The molecule has 2 amide bonds. The Balaban J connectivity index is 1.64. The first kappa shape index (κ1) is 15.0. The molecule has 2 fully saturated rings. The van der Waals surface area contributed by atoms with E-state index in [0.717, 1.165) is 38.8 Å². The molecule has 2 N–H and O–H groups in total. The van der Waals surface area contributed by atoms with Gasteiger partial charge in [0, 0.05) is 18.2 Å². The molecule has 0 spiro atoms. The monoisotopic (exact) mass is 301 g/mol. The number of hydrogen-bond acceptors (Lipinski definition) is 3. The number of nitrogens with one attached hydrogen (secondary N) is 2. The predicted octanol–water partition coefficient (Wildman–Crippen LogP) is 1.16. The molecule has 22 heavy (non-hydrogen) atoms. The van der Waals surface area contributed by atoms with Gasteiger partial charge in [-0.25, -0.2) is 0 Å². The molecule has 118 valence electrons. The van der Waals surface area contributed by atoms with Gasteiger partial charge in [0.05, 0.1) is 0 Å². The fraction of sp³-hybridized carbons (Fsp3) is 0.529. The lowest BCUT2D eigenvalue weighted by molar-refractivity contribution is -0.125. The van der Waals surface area contributed by atoms with Crippen LogP contribution in [0.1, 0.15) is 36.0 Å². The Hall–Kier alpha value is -1.88. The molecule has 2 aliphatic heterocycles. The van der Waals surface area contributed by atoms with Gasteiger partial charge in [-0.05, 0) is 50.9 Å². The highest BCUT2D eigenvalue weighted by Gasteiger charge is 2.35. The summed E-state index contributed by atoms with van der Waals surface area (Å²) in [5, 5.41) is 6.41. The zero-order chi connectivity index (χ0) is 15.4. The van der Waals surface area contributed by atoms with E-state index in [2.05, 4.69) is 10.6 Å². The van der Waals surface area contributed by atoms with Crippen LogP contribution in [0.15, 0.2) is 30.3 Å². The summed E-state index contributed by atoms with van der Waals surface area (Å²) in [6.45, 7) is 2.56. The first-order valence-electron chi connectivity index (χ1n) is 8.13. The van der Waals surface area contributed by atoms with Crippen LogP contribution >= 0.6 is 0 Å². The Morgan fingerprint density at radius 1 is 1.09 bits per heavy atom. The first-order valence-corrected chi connectivity index (χ1v) is 8.13. The van der Waals surface area contributed by atoms with Gasteiger partial charge in [0.25, 0.3) is 5.91 Å². The standard InChI is InChI=1S/C17H23N3O2/c21-16(19-14-8-10-18-11-9-14)15-7-4-12-20(15)17(22)13-5-2-1-3-6-13/h1-3,5-6,14-15,18H,4,7-12H2,(H,19,21).